The average Bonchev–Trinajstić information content (AvgIpc) is 3.17. The highest BCUT2D eigenvalue weighted by molar-refractivity contribution is 6.31. The molecule has 0 aliphatic carbocycles. The largest absolute Gasteiger partial charge is 0.381 e. The van der Waals surface area contributed by atoms with Crippen molar-refractivity contribution in [1.82, 2.24) is 14.5 Å². The van der Waals surface area contributed by atoms with Gasteiger partial charge in [0.1, 0.15) is 12.1 Å². The number of hydrogen-bond acceptors (Lipinski definition) is 4. The Hall–Kier alpha value is -2.89. The first-order chi connectivity index (χ1) is 15.1. The van der Waals surface area contributed by atoms with Crippen LogP contribution in [0.5, 0.6) is 0 Å². The zero-order valence-electron chi connectivity index (χ0n) is 17.7. The molecular formula is C25H25ClN4O. The van der Waals surface area contributed by atoms with E-state index in [4.69, 9.17) is 21.3 Å². The number of aromatic nitrogens is 3. The molecule has 5 nitrogen and oxygen atoms in total. The zero-order chi connectivity index (χ0) is 21.4. The SMILES string of the molecule is Cc1cccc(-n2cc(-c3cc(Cl)ccc3C)c3c(NC4CCOCC4)ncnc32)c1. The summed E-state index contributed by atoms with van der Waals surface area (Å²) in [7, 11) is 0. The molecule has 0 spiro atoms. The zero-order valence-corrected chi connectivity index (χ0v) is 18.5. The van der Waals surface area contributed by atoms with Gasteiger partial charge in [-0.05, 0) is 67.6 Å². The van der Waals surface area contributed by atoms with Gasteiger partial charge in [0.25, 0.3) is 0 Å². The van der Waals surface area contributed by atoms with Crippen molar-refractivity contribution in [1.29, 1.82) is 0 Å². The van der Waals surface area contributed by atoms with Crippen LogP contribution in [0, 0.1) is 13.8 Å². The van der Waals surface area contributed by atoms with Crippen LogP contribution in [0.4, 0.5) is 5.82 Å². The van der Waals surface area contributed by atoms with Crippen molar-refractivity contribution in [3.63, 3.8) is 0 Å². The molecule has 5 rings (SSSR count). The average molecular weight is 433 g/mol. The van der Waals surface area contributed by atoms with Gasteiger partial charge in [-0.3, -0.25) is 0 Å². The molecule has 0 amide bonds. The third-order valence-electron chi connectivity index (χ3n) is 5.91. The van der Waals surface area contributed by atoms with E-state index < -0.39 is 0 Å². The van der Waals surface area contributed by atoms with E-state index in [2.05, 4.69) is 65.2 Å². The predicted octanol–water partition coefficient (Wildman–Crippen LogP) is 5.95. The Kier molecular flexibility index (Phi) is 5.38. The maximum atomic E-state index is 6.39. The molecule has 4 aromatic rings. The highest BCUT2D eigenvalue weighted by Gasteiger charge is 2.21. The Morgan fingerprint density at radius 3 is 2.68 bits per heavy atom. The molecule has 0 unspecified atom stereocenters. The highest BCUT2D eigenvalue weighted by atomic mass is 35.5. The molecule has 3 heterocycles. The molecule has 0 saturated carbocycles. The fraction of sp³-hybridized carbons (Fsp3) is 0.280. The van der Waals surface area contributed by atoms with Crippen LogP contribution in [0.1, 0.15) is 24.0 Å². The number of rotatable bonds is 4. The van der Waals surface area contributed by atoms with Gasteiger partial charge in [-0.25, -0.2) is 9.97 Å². The molecule has 2 aromatic carbocycles. The van der Waals surface area contributed by atoms with E-state index in [1.807, 2.05) is 12.1 Å². The topological polar surface area (TPSA) is 52.0 Å². The van der Waals surface area contributed by atoms with E-state index in [1.54, 1.807) is 6.33 Å². The lowest BCUT2D eigenvalue weighted by Gasteiger charge is -2.24. The summed E-state index contributed by atoms with van der Waals surface area (Å²) in [5.74, 6) is 0.859. The molecule has 0 bridgehead atoms. The highest BCUT2D eigenvalue weighted by Crippen LogP contribution is 2.38. The summed E-state index contributed by atoms with van der Waals surface area (Å²) in [5, 5.41) is 5.40. The van der Waals surface area contributed by atoms with Crippen LogP contribution >= 0.6 is 11.6 Å². The Bertz CT molecular complexity index is 1240. The van der Waals surface area contributed by atoms with Crippen molar-refractivity contribution in [3.05, 3.63) is 71.1 Å². The molecule has 2 aromatic heterocycles. The molecule has 31 heavy (non-hydrogen) atoms. The lowest BCUT2D eigenvalue weighted by atomic mass is 10.0. The van der Waals surface area contributed by atoms with E-state index in [0.29, 0.717) is 11.1 Å². The number of nitrogens with zero attached hydrogens (tertiary/aromatic N) is 3. The first-order valence-corrected chi connectivity index (χ1v) is 11.0. The van der Waals surface area contributed by atoms with E-state index in [9.17, 15) is 0 Å². The number of anilines is 1. The fourth-order valence-electron chi connectivity index (χ4n) is 4.27. The second kappa shape index (κ2) is 8.33. The van der Waals surface area contributed by atoms with Crippen molar-refractivity contribution in [3.8, 4) is 16.8 Å². The predicted molar refractivity (Wildman–Crippen MR) is 126 cm³/mol. The normalized spacial score (nSPS) is 14.8. The standard InChI is InChI=1S/C25H25ClN4O/c1-16-4-3-5-20(12-16)30-14-22(21-13-18(26)7-6-17(21)2)23-24(27-15-28-25(23)30)29-19-8-10-31-11-9-19/h3-7,12-15,19H,8-11H2,1-2H3,(H,27,28,29). The smallest absolute Gasteiger partial charge is 0.150 e. The summed E-state index contributed by atoms with van der Waals surface area (Å²) in [6, 6.07) is 14.8. The Morgan fingerprint density at radius 2 is 1.87 bits per heavy atom. The number of benzene rings is 2. The monoisotopic (exact) mass is 432 g/mol. The minimum atomic E-state index is 0.336. The van der Waals surface area contributed by atoms with Crippen molar-refractivity contribution >= 4 is 28.5 Å². The number of aryl methyl sites for hydroxylation is 2. The number of fused-ring (bicyclic) bond motifs is 1. The maximum absolute atomic E-state index is 6.39. The number of hydrogen-bond donors (Lipinski definition) is 1. The van der Waals surface area contributed by atoms with Crippen molar-refractivity contribution in [2.75, 3.05) is 18.5 Å². The summed E-state index contributed by atoms with van der Waals surface area (Å²) in [6.07, 6.45) is 5.73. The summed E-state index contributed by atoms with van der Waals surface area (Å²) < 4.78 is 7.68. The van der Waals surface area contributed by atoms with Gasteiger partial charge in [-0.2, -0.15) is 0 Å². The molecule has 1 aliphatic heterocycles. The van der Waals surface area contributed by atoms with Gasteiger partial charge in [-0.15, -0.1) is 0 Å². The van der Waals surface area contributed by atoms with Gasteiger partial charge in [0.2, 0.25) is 0 Å². The van der Waals surface area contributed by atoms with Crippen LogP contribution in [0.3, 0.4) is 0 Å². The quantitative estimate of drug-likeness (QED) is 0.433. The Balaban J connectivity index is 1.74. The lowest BCUT2D eigenvalue weighted by Crippen LogP contribution is -2.28. The van der Waals surface area contributed by atoms with E-state index in [1.165, 1.54) is 5.56 Å². The van der Waals surface area contributed by atoms with Crippen molar-refractivity contribution < 1.29 is 4.74 Å². The third kappa shape index (κ3) is 3.91. The molecule has 1 aliphatic rings. The van der Waals surface area contributed by atoms with Crippen LogP contribution in [0.15, 0.2) is 55.0 Å². The fourth-order valence-corrected chi connectivity index (χ4v) is 4.44. The molecule has 0 atom stereocenters. The first-order valence-electron chi connectivity index (χ1n) is 10.6. The molecular weight excluding hydrogens is 408 g/mol. The van der Waals surface area contributed by atoms with Crippen LogP contribution in [-0.4, -0.2) is 33.8 Å². The van der Waals surface area contributed by atoms with Crippen LogP contribution in [0.2, 0.25) is 5.02 Å². The van der Waals surface area contributed by atoms with E-state index >= 15 is 0 Å². The molecule has 1 saturated heterocycles. The van der Waals surface area contributed by atoms with E-state index in [0.717, 1.165) is 65.3 Å². The number of ether oxygens (including phenoxy) is 1. The summed E-state index contributed by atoms with van der Waals surface area (Å²) in [6.45, 7) is 5.76. The maximum Gasteiger partial charge on any atom is 0.150 e. The first kappa shape index (κ1) is 20.0. The van der Waals surface area contributed by atoms with Gasteiger partial charge in [-0.1, -0.05) is 29.8 Å². The van der Waals surface area contributed by atoms with Crippen LogP contribution < -0.4 is 5.32 Å². The summed E-state index contributed by atoms with van der Waals surface area (Å²) in [4.78, 5) is 9.35. The van der Waals surface area contributed by atoms with Crippen molar-refractivity contribution in [2.45, 2.75) is 32.7 Å². The summed E-state index contributed by atoms with van der Waals surface area (Å²) >= 11 is 6.39. The molecule has 158 valence electrons. The molecule has 0 radical (unpaired) electrons. The van der Waals surface area contributed by atoms with Crippen molar-refractivity contribution in [2.24, 2.45) is 0 Å². The van der Waals surface area contributed by atoms with Gasteiger partial charge < -0.3 is 14.6 Å². The second-order valence-corrected chi connectivity index (χ2v) is 8.60. The van der Waals surface area contributed by atoms with Gasteiger partial charge in [0, 0.05) is 41.7 Å². The number of halogens is 1. The van der Waals surface area contributed by atoms with Crippen LogP contribution in [0.25, 0.3) is 27.8 Å². The Morgan fingerprint density at radius 1 is 1.03 bits per heavy atom. The lowest BCUT2D eigenvalue weighted by molar-refractivity contribution is 0.0904. The van der Waals surface area contributed by atoms with Crippen LogP contribution in [-0.2, 0) is 4.74 Å². The molecule has 1 fully saturated rings. The number of nitrogens with one attached hydrogen (secondary N) is 1. The second-order valence-electron chi connectivity index (χ2n) is 8.16. The summed E-state index contributed by atoms with van der Waals surface area (Å²) in [5.41, 5.74) is 6.49. The van der Waals surface area contributed by atoms with E-state index in [-0.39, 0.29) is 0 Å². The minimum Gasteiger partial charge on any atom is -0.381 e. The molecule has 6 heteroatoms. The minimum absolute atomic E-state index is 0.336. The third-order valence-corrected chi connectivity index (χ3v) is 6.15. The van der Waals surface area contributed by atoms with Gasteiger partial charge >= 0.3 is 0 Å². The Labute approximate surface area is 187 Å². The van der Waals surface area contributed by atoms with Gasteiger partial charge in [0.15, 0.2) is 5.65 Å². The van der Waals surface area contributed by atoms with Gasteiger partial charge in [0.05, 0.1) is 5.39 Å². The molecule has 1 N–H and O–H groups in total.